The molecular formula is C12H13F3N2O3. The van der Waals surface area contributed by atoms with Crippen LogP contribution >= 0.6 is 0 Å². The molecule has 0 aliphatic heterocycles. The molecule has 0 aliphatic rings. The molecule has 110 valence electrons. The monoisotopic (exact) mass is 290 g/mol. The van der Waals surface area contributed by atoms with Crippen molar-refractivity contribution in [1.29, 1.82) is 0 Å². The molecule has 0 unspecified atom stereocenters. The standard InChI is InChI=1S/C12H13F3N2O3/c1-20-5-4-16-9(18)6-10(19)17-8-3-2-7(13)11(14)12(8)15/h2-3H,4-6H2,1H3,(H,16,18)(H,17,19). The van der Waals surface area contributed by atoms with E-state index in [9.17, 15) is 22.8 Å². The minimum atomic E-state index is -1.69. The van der Waals surface area contributed by atoms with E-state index in [4.69, 9.17) is 4.74 Å². The van der Waals surface area contributed by atoms with Crippen molar-refractivity contribution in [2.24, 2.45) is 0 Å². The van der Waals surface area contributed by atoms with E-state index >= 15 is 0 Å². The van der Waals surface area contributed by atoms with Crippen LogP contribution in [0.3, 0.4) is 0 Å². The predicted octanol–water partition coefficient (Wildman–Crippen LogP) is 1.20. The molecule has 0 heterocycles. The van der Waals surface area contributed by atoms with Crippen LogP contribution in [0.25, 0.3) is 0 Å². The summed E-state index contributed by atoms with van der Waals surface area (Å²) in [6.07, 6.45) is -0.567. The van der Waals surface area contributed by atoms with Gasteiger partial charge in [0.2, 0.25) is 11.8 Å². The lowest BCUT2D eigenvalue weighted by atomic mass is 10.2. The summed E-state index contributed by atoms with van der Waals surface area (Å²) in [7, 11) is 1.45. The third-order valence-corrected chi connectivity index (χ3v) is 2.26. The van der Waals surface area contributed by atoms with Gasteiger partial charge in [-0.1, -0.05) is 0 Å². The summed E-state index contributed by atoms with van der Waals surface area (Å²) in [5.41, 5.74) is -0.529. The summed E-state index contributed by atoms with van der Waals surface area (Å²) in [4.78, 5) is 22.7. The number of carbonyl (C=O) groups is 2. The topological polar surface area (TPSA) is 67.4 Å². The molecule has 0 saturated carbocycles. The summed E-state index contributed by atoms with van der Waals surface area (Å²) >= 11 is 0. The first-order valence-electron chi connectivity index (χ1n) is 5.64. The number of amides is 2. The Balaban J connectivity index is 2.55. The molecule has 8 heteroatoms. The van der Waals surface area contributed by atoms with Crippen LogP contribution in [0.1, 0.15) is 6.42 Å². The fourth-order valence-corrected chi connectivity index (χ4v) is 1.32. The van der Waals surface area contributed by atoms with Gasteiger partial charge in [0, 0.05) is 13.7 Å². The Morgan fingerprint density at radius 1 is 1.15 bits per heavy atom. The molecule has 1 rings (SSSR count). The molecule has 0 aliphatic carbocycles. The molecule has 1 aromatic rings. The van der Waals surface area contributed by atoms with E-state index in [2.05, 4.69) is 5.32 Å². The molecule has 0 radical (unpaired) electrons. The molecule has 0 bridgehead atoms. The van der Waals surface area contributed by atoms with Crippen LogP contribution in [0.15, 0.2) is 12.1 Å². The Morgan fingerprint density at radius 3 is 2.50 bits per heavy atom. The zero-order chi connectivity index (χ0) is 15.1. The third-order valence-electron chi connectivity index (χ3n) is 2.26. The summed E-state index contributed by atoms with van der Waals surface area (Å²) in [5, 5.41) is 4.37. The number of halogens is 3. The molecule has 20 heavy (non-hydrogen) atoms. The molecule has 0 aromatic heterocycles. The van der Waals surface area contributed by atoms with Crippen molar-refractivity contribution in [3.05, 3.63) is 29.6 Å². The molecule has 0 atom stereocenters. The van der Waals surface area contributed by atoms with Gasteiger partial charge in [-0.15, -0.1) is 0 Å². The predicted molar refractivity (Wildman–Crippen MR) is 64.4 cm³/mol. The molecule has 0 spiro atoms. The molecule has 1 aromatic carbocycles. The average molecular weight is 290 g/mol. The Labute approximate surface area is 113 Å². The van der Waals surface area contributed by atoms with E-state index in [0.29, 0.717) is 6.07 Å². The molecular weight excluding hydrogens is 277 g/mol. The second-order valence-electron chi connectivity index (χ2n) is 3.79. The molecule has 0 fully saturated rings. The van der Waals surface area contributed by atoms with E-state index in [-0.39, 0.29) is 13.2 Å². The maximum atomic E-state index is 13.3. The van der Waals surface area contributed by atoms with E-state index in [0.717, 1.165) is 6.07 Å². The van der Waals surface area contributed by atoms with Crippen LogP contribution < -0.4 is 10.6 Å². The Kier molecular flexibility index (Phi) is 5.98. The Bertz CT molecular complexity index is 509. The van der Waals surface area contributed by atoms with Gasteiger partial charge in [0.1, 0.15) is 6.42 Å². The number of carbonyl (C=O) groups excluding carboxylic acids is 2. The van der Waals surface area contributed by atoms with Gasteiger partial charge in [-0.05, 0) is 12.1 Å². The second kappa shape index (κ2) is 7.49. The van der Waals surface area contributed by atoms with Gasteiger partial charge in [0.25, 0.3) is 0 Å². The first kappa shape index (κ1) is 16.0. The zero-order valence-corrected chi connectivity index (χ0v) is 10.6. The lowest BCUT2D eigenvalue weighted by Gasteiger charge is -2.07. The van der Waals surface area contributed by atoms with Crippen molar-refractivity contribution in [2.75, 3.05) is 25.6 Å². The van der Waals surface area contributed by atoms with Gasteiger partial charge < -0.3 is 15.4 Å². The maximum Gasteiger partial charge on any atom is 0.233 e. The quantitative estimate of drug-likeness (QED) is 0.470. The van der Waals surface area contributed by atoms with Gasteiger partial charge in [-0.2, -0.15) is 0 Å². The number of nitrogens with one attached hydrogen (secondary N) is 2. The number of ether oxygens (including phenoxy) is 1. The fraction of sp³-hybridized carbons (Fsp3) is 0.333. The lowest BCUT2D eigenvalue weighted by molar-refractivity contribution is -0.126. The van der Waals surface area contributed by atoms with Crippen molar-refractivity contribution in [3.63, 3.8) is 0 Å². The highest BCUT2D eigenvalue weighted by Crippen LogP contribution is 2.19. The van der Waals surface area contributed by atoms with Crippen LogP contribution in [-0.2, 0) is 14.3 Å². The van der Waals surface area contributed by atoms with Crippen molar-refractivity contribution < 1.29 is 27.5 Å². The first-order valence-corrected chi connectivity index (χ1v) is 5.64. The van der Waals surface area contributed by atoms with Crippen LogP contribution in [0.5, 0.6) is 0 Å². The van der Waals surface area contributed by atoms with Gasteiger partial charge >= 0.3 is 0 Å². The smallest absolute Gasteiger partial charge is 0.233 e. The van der Waals surface area contributed by atoms with Crippen molar-refractivity contribution in [1.82, 2.24) is 5.32 Å². The highest BCUT2D eigenvalue weighted by molar-refractivity contribution is 6.03. The molecule has 5 nitrogen and oxygen atoms in total. The minimum Gasteiger partial charge on any atom is -0.383 e. The van der Waals surface area contributed by atoms with Gasteiger partial charge in [0.05, 0.1) is 12.3 Å². The summed E-state index contributed by atoms with van der Waals surface area (Å²) in [6, 6.07) is 1.54. The number of hydrogen-bond acceptors (Lipinski definition) is 3. The van der Waals surface area contributed by atoms with Crippen LogP contribution in [0.2, 0.25) is 0 Å². The number of benzene rings is 1. The van der Waals surface area contributed by atoms with Gasteiger partial charge in [0.15, 0.2) is 17.5 Å². The normalized spacial score (nSPS) is 10.2. The SMILES string of the molecule is COCCNC(=O)CC(=O)Nc1ccc(F)c(F)c1F. The van der Waals surface area contributed by atoms with Crippen molar-refractivity contribution in [2.45, 2.75) is 6.42 Å². The van der Waals surface area contributed by atoms with Gasteiger partial charge in [-0.3, -0.25) is 9.59 Å². The van der Waals surface area contributed by atoms with Gasteiger partial charge in [-0.25, -0.2) is 13.2 Å². The summed E-state index contributed by atoms with van der Waals surface area (Å²) in [5.74, 6) is -6.00. The summed E-state index contributed by atoms with van der Waals surface area (Å²) in [6.45, 7) is 0.507. The second-order valence-corrected chi connectivity index (χ2v) is 3.79. The highest BCUT2D eigenvalue weighted by atomic mass is 19.2. The van der Waals surface area contributed by atoms with E-state index in [1.54, 1.807) is 0 Å². The Hall–Kier alpha value is -2.09. The fourth-order valence-electron chi connectivity index (χ4n) is 1.32. The average Bonchev–Trinajstić information content (AvgIpc) is 2.40. The van der Waals surface area contributed by atoms with Crippen molar-refractivity contribution >= 4 is 17.5 Å². The number of anilines is 1. The molecule has 2 amide bonds. The molecule has 0 saturated heterocycles. The first-order chi connectivity index (χ1) is 9.45. The lowest BCUT2D eigenvalue weighted by Crippen LogP contribution is -2.30. The number of hydrogen-bond donors (Lipinski definition) is 2. The largest absolute Gasteiger partial charge is 0.383 e. The van der Waals surface area contributed by atoms with Crippen LogP contribution in [0, 0.1) is 17.5 Å². The number of rotatable bonds is 6. The number of methoxy groups -OCH3 is 1. The van der Waals surface area contributed by atoms with Crippen molar-refractivity contribution in [3.8, 4) is 0 Å². The van der Waals surface area contributed by atoms with E-state index in [1.807, 2.05) is 5.32 Å². The van der Waals surface area contributed by atoms with E-state index in [1.165, 1.54) is 7.11 Å². The minimum absolute atomic E-state index is 0.224. The van der Waals surface area contributed by atoms with Crippen LogP contribution in [-0.4, -0.2) is 32.1 Å². The highest BCUT2D eigenvalue weighted by Gasteiger charge is 2.16. The van der Waals surface area contributed by atoms with E-state index < -0.39 is 41.4 Å². The maximum absolute atomic E-state index is 13.3. The molecule has 2 N–H and O–H groups in total. The summed E-state index contributed by atoms with van der Waals surface area (Å²) < 4.78 is 43.5. The Morgan fingerprint density at radius 2 is 1.85 bits per heavy atom. The van der Waals surface area contributed by atoms with Crippen LogP contribution in [0.4, 0.5) is 18.9 Å². The third kappa shape index (κ3) is 4.54. The zero-order valence-electron chi connectivity index (χ0n) is 10.6.